The van der Waals surface area contributed by atoms with Crippen LogP contribution in [0.1, 0.15) is 42.6 Å². The first kappa shape index (κ1) is 20.6. The smallest absolute Gasteiger partial charge is 0.227 e. The molecule has 1 N–H and O–H groups in total. The molecule has 1 aromatic heterocycles. The molecular formula is C24H26N2O3S. The maximum absolute atomic E-state index is 12.6. The Bertz CT molecular complexity index is 1220. The van der Waals surface area contributed by atoms with Crippen LogP contribution in [-0.2, 0) is 16.3 Å². The summed E-state index contributed by atoms with van der Waals surface area (Å²) in [7, 11) is -3.51. The average Bonchev–Trinajstić information content (AvgIpc) is 3.31. The number of nitrogens with zero attached hydrogens (tertiary/aromatic N) is 1. The number of hydrogen-bond donors (Lipinski definition) is 1. The number of carbonyl (C=O) groups is 1. The van der Waals surface area contributed by atoms with Crippen molar-refractivity contribution in [3.8, 4) is 0 Å². The number of rotatable bonds is 5. The zero-order valence-electron chi connectivity index (χ0n) is 17.3. The van der Waals surface area contributed by atoms with E-state index in [1.165, 1.54) is 5.41 Å². The van der Waals surface area contributed by atoms with Gasteiger partial charge in [0.15, 0.2) is 9.84 Å². The Balaban J connectivity index is 1.72. The van der Waals surface area contributed by atoms with E-state index in [1.807, 2.05) is 24.4 Å². The lowest BCUT2D eigenvalue weighted by molar-refractivity contribution is 0.0941. The molecule has 1 saturated heterocycles. The number of hydrogen-bond acceptors (Lipinski definition) is 4. The van der Waals surface area contributed by atoms with Crippen LogP contribution in [0.15, 0.2) is 65.0 Å². The zero-order chi connectivity index (χ0) is 21.4. The Kier molecular flexibility index (Phi) is 5.38. The van der Waals surface area contributed by atoms with E-state index in [-0.39, 0.29) is 16.3 Å². The van der Waals surface area contributed by atoms with E-state index in [9.17, 15) is 13.2 Å². The minimum atomic E-state index is -3.51. The van der Waals surface area contributed by atoms with Crippen LogP contribution in [0.2, 0.25) is 0 Å². The second-order valence-electron chi connectivity index (χ2n) is 8.25. The molecule has 6 heteroatoms. The molecule has 1 aliphatic rings. The topological polar surface area (TPSA) is 68.2 Å². The van der Waals surface area contributed by atoms with Crippen LogP contribution in [0.5, 0.6) is 0 Å². The fourth-order valence-electron chi connectivity index (χ4n) is 4.21. The lowest BCUT2D eigenvalue weighted by Crippen LogP contribution is -2.38. The molecular weight excluding hydrogens is 396 g/mol. The number of carbonyl (C=O) groups excluding carboxylic acids is 1. The molecule has 30 heavy (non-hydrogen) atoms. The van der Waals surface area contributed by atoms with Crippen LogP contribution in [-0.4, -0.2) is 31.0 Å². The molecule has 1 aliphatic heterocycles. The van der Waals surface area contributed by atoms with Gasteiger partial charge < -0.3 is 5.32 Å². The summed E-state index contributed by atoms with van der Waals surface area (Å²) < 4.78 is 26.8. The second-order valence-corrected chi connectivity index (χ2v) is 10.1. The molecule has 5 nitrogen and oxygen atoms in total. The van der Waals surface area contributed by atoms with Crippen molar-refractivity contribution < 1.29 is 13.2 Å². The van der Waals surface area contributed by atoms with Gasteiger partial charge in [0.25, 0.3) is 0 Å². The highest BCUT2D eigenvalue weighted by atomic mass is 32.2. The predicted molar refractivity (Wildman–Crippen MR) is 120 cm³/mol. The van der Waals surface area contributed by atoms with Crippen LogP contribution in [0.4, 0.5) is 0 Å². The van der Waals surface area contributed by atoms with E-state index in [0.29, 0.717) is 0 Å². The van der Waals surface area contributed by atoms with Gasteiger partial charge in [0, 0.05) is 29.5 Å². The lowest BCUT2D eigenvalue weighted by atomic mass is 9.91. The molecule has 0 aliphatic carbocycles. The van der Waals surface area contributed by atoms with Crippen molar-refractivity contribution in [2.75, 3.05) is 6.54 Å². The summed E-state index contributed by atoms with van der Waals surface area (Å²) in [6.07, 6.45) is 6.60. The van der Waals surface area contributed by atoms with Crippen molar-refractivity contribution in [3.05, 3.63) is 71.3 Å². The van der Waals surface area contributed by atoms with E-state index in [4.69, 9.17) is 0 Å². The van der Waals surface area contributed by atoms with Gasteiger partial charge in [-0.15, -0.1) is 0 Å². The molecule has 2 heterocycles. The van der Waals surface area contributed by atoms with Crippen molar-refractivity contribution in [3.63, 3.8) is 0 Å². The summed E-state index contributed by atoms with van der Waals surface area (Å²) in [5.41, 5.74) is 2.74. The Labute approximate surface area is 177 Å². The highest BCUT2D eigenvalue weighted by Crippen LogP contribution is 2.30. The number of aromatic nitrogens is 1. The molecule has 4 rings (SSSR count). The Hall–Kier alpha value is -2.70. The average molecular weight is 423 g/mol. The first-order valence-corrected chi connectivity index (χ1v) is 11.7. The van der Waals surface area contributed by atoms with E-state index >= 15 is 0 Å². The normalized spacial score (nSPS) is 19.7. The molecule has 0 saturated carbocycles. The van der Waals surface area contributed by atoms with Gasteiger partial charge in [0.05, 0.1) is 10.4 Å². The van der Waals surface area contributed by atoms with E-state index in [1.54, 1.807) is 47.9 Å². The van der Waals surface area contributed by atoms with Crippen LogP contribution in [0.3, 0.4) is 0 Å². The summed E-state index contributed by atoms with van der Waals surface area (Å²) in [5.74, 6) is -0.0364. The van der Waals surface area contributed by atoms with Crippen LogP contribution in [0, 0.1) is 0 Å². The zero-order valence-corrected chi connectivity index (χ0v) is 18.1. The summed E-state index contributed by atoms with van der Waals surface area (Å²) in [6.45, 7) is 4.78. The molecule has 0 radical (unpaired) electrons. The van der Waals surface area contributed by atoms with Crippen LogP contribution in [0.25, 0.3) is 17.0 Å². The number of benzene rings is 2. The summed E-state index contributed by atoms with van der Waals surface area (Å²) >= 11 is 0. The van der Waals surface area contributed by atoms with Crippen molar-refractivity contribution in [1.82, 2.24) is 9.88 Å². The van der Waals surface area contributed by atoms with Gasteiger partial charge in [-0.2, -0.15) is 0 Å². The molecule has 1 fully saturated rings. The second kappa shape index (κ2) is 7.85. The summed E-state index contributed by atoms with van der Waals surface area (Å²) in [6, 6.07) is 14.1. The van der Waals surface area contributed by atoms with Crippen LogP contribution < -0.4 is 5.32 Å². The maximum atomic E-state index is 12.6. The van der Waals surface area contributed by atoms with E-state index < -0.39 is 9.84 Å². The van der Waals surface area contributed by atoms with Gasteiger partial charge in [0.2, 0.25) is 5.91 Å². The van der Waals surface area contributed by atoms with Crippen molar-refractivity contribution in [2.24, 2.45) is 0 Å². The van der Waals surface area contributed by atoms with Crippen molar-refractivity contribution in [1.29, 1.82) is 0 Å². The fourth-order valence-corrected chi connectivity index (χ4v) is 5.24. The van der Waals surface area contributed by atoms with Crippen LogP contribution >= 0.6 is 0 Å². The third kappa shape index (κ3) is 4.11. The monoisotopic (exact) mass is 422 g/mol. The minimum absolute atomic E-state index is 0.0123. The molecule has 156 valence electrons. The maximum Gasteiger partial charge on any atom is 0.227 e. The number of nitrogens with one attached hydrogen (secondary N) is 1. The van der Waals surface area contributed by atoms with Gasteiger partial charge in [-0.25, -0.2) is 8.42 Å². The summed E-state index contributed by atoms with van der Waals surface area (Å²) in [5, 5.41) is 5.80. The molecule has 0 amide bonds. The third-order valence-electron chi connectivity index (χ3n) is 5.80. The van der Waals surface area contributed by atoms with Gasteiger partial charge in [-0.05, 0) is 74.2 Å². The van der Waals surface area contributed by atoms with E-state index in [0.717, 1.165) is 47.8 Å². The number of sulfone groups is 1. The molecule has 0 unspecified atom stereocenters. The quantitative estimate of drug-likeness (QED) is 0.660. The molecule has 2 aromatic carbocycles. The fraction of sp³-hybridized carbons (Fsp3) is 0.292. The van der Waals surface area contributed by atoms with Gasteiger partial charge in [-0.3, -0.25) is 9.36 Å². The Morgan fingerprint density at radius 1 is 1.20 bits per heavy atom. The largest absolute Gasteiger partial charge is 0.311 e. The highest BCUT2D eigenvalue weighted by Gasteiger charge is 2.29. The Morgan fingerprint density at radius 2 is 1.97 bits per heavy atom. The van der Waals surface area contributed by atoms with Gasteiger partial charge in [0.1, 0.15) is 0 Å². The summed E-state index contributed by atoms with van der Waals surface area (Å²) in [4.78, 5) is 12.4. The third-order valence-corrected chi connectivity index (χ3v) is 7.22. The first-order valence-electron chi connectivity index (χ1n) is 10.2. The molecule has 3 aromatic rings. The van der Waals surface area contributed by atoms with Crippen molar-refractivity contribution in [2.45, 2.75) is 43.5 Å². The van der Waals surface area contributed by atoms with E-state index in [2.05, 4.69) is 12.2 Å². The SMILES string of the molecule is CC(=O)n1cc(C[C@@]2(C)CCCN2)c2cc(C=CS(=O)(=O)c3ccccc3)ccc21. The van der Waals surface area contributed by atoms with Crippen molar-refractivity contribution >= 4 is 32.7 Å². The molecule has 0 bridgehead atoms. The molecule has 0 spiro atoms. The standard InChI is InChI=1S/C24H26N2O3S/c1-18(27)26-17-20(16-24(2)12-6-13-25-24)22-15-19(9-10-23(22)26)11-14-30(28,29)21-7-4-3-5-8-21/h3-5,7-11,14-15,17,25H,6,12-13,16H2,1-2H3/t24-/m1/s1. The van der Waals surface area contributed by atoms with Gasteiger partial charge >= 0.3 is 0 Å². The predicted octanol–water partition coefficient (Wildman–Crippen LogP) is 4.43. The minimum Gasteiger partial charge on any atom is -0.311 e. The highest BCUT2D eigenvalue weighted by molar-refractivity contribution is 7.94. The van der Waals surface area contributed by atoms with Gasteiger partial charge in [-0.1, -0.05) is 24.3 Å². The Morgan fingerprint density at radius 3 is 2.63 bits per heavy atom. The number of fused-ring (bicyclic) bond motifs is 1. The molecule has 1 atom stereocenters. The first-order chi connectivity index (χ1) is 14.3. The lowest BCUT2D eigenvalue weighted by Gasteiger charge is -2.24.